The molecule has 0 atom stereocenters. The van der Waals surface area contributed by atoms with Gasteiger partial charge in [0, 0.05) is 12.0 Å². The number of benzene rings is 1. The van der Waals surface area contributed by atoms with E-state index in [1.165, 1.54) is 0 Å². The van der Waals surface area contributed by atoms with Gasteiger partial charge in [0.25, 0.3) is 0 Å². The van der Waals surface area contributed by atoms with Crippen LogP contribution in [0.3, 0.4) is 0 Å². The van der Waals surface area contributed by atoms with Crippen LogP contribution in [0.2, 0.25) is 0 Å². The van der Waals surface area contributed by atoms with Crippen molar-refractivity contribution in [2.24, 2.45) is 0 Å². The Bertz CT molecular complexity index is 465. The molecule has 0 aliphatic carbocycles. The standard InChI is InChI=1S/C12H15N3O/c1-2-16-11-6-4-3-5-9(11)7-10-8-14-15-12(10)13/h3-6,8H,2,7H2,1H3,(H3,13,14,15). The molecule has 0 saturated heterocycles. The molecule has 4 heteroatoms. The van der Waals surface area contributed by atoms with Crippen molar-refractivity contribution in [3.05, 3.63) is 41.6 Å². The molecule has 1 aromatic heterocycles. The van der Waals surface area contributed by atoms with E-state index >= 15 is 0 Å². The number of nitrogens with one attached hydrogen (secondary N) is 1. The number of nitrogens with zero attached hydrogens (tertiary/aromatic N) is 1. The molecule has 0 radical (unpaired) electrons. The van der Waals surface area contributed by atoms with Crippen LogP contribution in [-0.2, 0) is 6.42 Å². The Hall–Kier alpha value is -1.97. The van der Waals surface area contributed by atoms with Crippen molar-refractivity contribution in [2.75, 3.05) is 12.3 Å². The second kappa shape index (κ2) is 4.70. The largest absolute Gasteiger partial charge is 0.494 e. The second-order valence-corrected chi connectivity index (χ2v) is 3.53. The maximum atomic E-state index is 5.75. The number of para-hydroxylation sites is 1. The molecule has 0 spiro atoms. The zero-order valence-corrected chi connectivity index (χ0v) is 9.23. The third-order valence-corrected chi connectivity index (χ3v) is 2.40. The average molecular weight is 217 g/mol. The zero-order chi connectivity index (χ0) is 11.4. The molecule has 4 nitrogen and oxygen atoms in total. The van der Waals surface area contributed by atoms with E-state index in [2.05, 4.69) is 10.2 Å². The van der Waals surface area contributed by atoms with Gasteiger partial charge < -0.3 is 10.5 Å². The van der Waals surface area contributed by atoms with Crippen LogP contribution in [-0.4, -0.2) is 16.8 Å². The lowest BCUT2D eigenvalue weighted by molar-refractivity contribution is 0.337. The first-order valence-corrected chi connectivity index (χ1v) is 5.29. The highest BCUT2D eigenvalue weighted by molar-refractivity contribution is 5.44. The third kappa shape index (κ3) is 2.16. The van der Waals surface area contributed by atoms with E-state index in [0.717, 1.165) is 23.3 Å². The predicted molar refractivity (Wildman–Crippen MR) is 63.4 cm³/mol. The zero-order valence-electron chi connectivity index (χ0n) is 9.23. The molecular formula is C12H15N3O. The van der Waals surface area contributed by atoms with Crippen molar-refractivity contribution >= 4 is 5.82 Å². The lowest BCUT2D eigenvalue weighted by Crippen LogP contribution is -1.98. The molecule has 3 N–H and O–H groups in total. The van der Waals surface area contributed by atoms with E-state index < -0.39 is 0 Å². The first-order chi connectivity index (χ1) is 7.81. The number of rotatable bonds is 4. The first-order valence-electron chi connectivity index (χ1n) is 5.29. The Morgan fingerprint density at radius 3 is 2.81 bits per heavy atom. The van der Waals surface area contributed by atoms with Crippen molar-refractivity contribution < 1.29 is 4.74 Å². The van der Waals surface area contributed by atoms with Gasteiger partial charge >= 0.3 is 0 Å². The minimum absolute atomic E-state index is 0.617. The number of hydrogen-bond acceptors (Lipinski definition) is 3. The molecule has 0 bridgehead atoms. The lowest BCUT2D eigenvalue weighted by atomic mass is 10.1. The minimum atomic E-state index is 0.617. The highest BCUT2D eigenvalue weighted by Crippen LogP contribution is 2.22. The molecule has 0 unspecified atom stereocenters. The maximum absolute atomic E-state index is 5.75. The van der Waals surface area contributed by atoms with Gasteiger partial charge in [0.15, 0.2) is 0 Å². The summed E-state index contributed by atoms with van der Waals surface area (Å²) >= 11 is 0. The van der Waals surface area contributed by atoms with Crippen LogP contribution >= 0.6 is 0 Å². The van der Waals surface area contributed by atoms with Gasteiger partial charge in [0.1, 0.15) is 11.6 Å². The van der Waals surface area contributed by atoms with Gasteiger partial charge in [-0.25, -0.2) is 0 Å². The van der Waals surface area contributed by atoms with E-state index in [-0.39, 0.29) is 0 Å². The van der Waals surface area contributed by atoms with Crippen LogP contribution in [0.15, 0.2) is 30.5 Å². The maximum Gasteiger partial charge on any atom is 0.122 e. The number of aromatic nitrogens is 2. The van der Waals surface area contributed by atoms with Gasteiger partial charge in [-0.15, -0.1) is 0 Å². The minimum Gasteiger partial charge on any atom is -0.494 e. The van der Waals surface area contributed by atoms with Gasteiger partial charge in [0.05, 0.1) is 12.8 Å². The van der Waals surface area contributed by atoms with E-state index in [9.17, 15) is 0 Å². The SMILES string of the molecule is CCOc1ccccc1Cc1cn[nH]c1N. The fraction of sp³-hybridized carbons (Fsp3) is 0.250. The van der Waals surface area contributed by atoms with Crippen LogP contribution in [0.25, 0.3) is 0 Å². The van der Waals surface area contributed by atoms with Crippen LogP contribution < -0.4 is 10.5 Å². The lowest BCUT2D eigenvalue weighted by Gasteiger charge is -2.09. The number of anilines is 1. The quantitative estimate of drug-likeness (QED) is 0.823. The Labute approximate surface area is 94.4 Å². The summed E-state index contributed by atoms with van der Waals surface area (Å²) in [6.07, 6.45) is 2.48. The fourth-order valence-electron chi connectivity index (χ4n) is 1.61. The van der Waals surface area contributed by atoms with Gasteiger partial charge in [-0.05, 0) is 18.6 Å². The molecule has 0 aliphatic rings. The van der Waals surface area contributed by atoms with Crippen molar-refractivity contribution in [3.63, 3.8) is 0 Å². The van der Waals surface area contributed by atoms with Crippen LogP contribution in [0.1, 0.15) is 18.1 Å². The summed E-state index contributed by atoms with van der Waals surface area (Å²) in [4.78, 5) is 0. The van der Waals surface area contributed by atoms with Gasteiger partial charge in [0.2, 0.25) is 0 Å². The average Bonchev–Trinajstić information content (AvgIpc) is 2.68. The normalized spacial score (nSPS) is 10.3. The molecule has 1 heterocycles. The van der Waals surface area contributed by atoms with Crippen molar-refractivity contribution in [1.82, 2.24) is 10.2 Å². The summed E-state index contributed by atoms with van der Waals surface area (Å²) in [6.45, 7) is 2.64. The molecular weight excluding hydrogens is 202 g/mol. The summed E-state index contributed by atoms with van der Waals surface area (Å²) in [6, 6.07) is 7.97. The number of nitrogen functional groups attached to an aromatic ring is 1. The third-order valence-electron chi connectivity index (χ3n) is 2.40. The molecule has 0 saturated carbocycles. The van der Waals surface area contributed by atoms with Crippen LogP contribution in [0.4, 0.5) is 5.82 Å². The summed E-state index contributed by atoms with van der Waals surface area (Å²) in [5, 5.41) is 6.63. The van der Waals surface area contributed by atoms with Crippen molar-refractivity contribution in [1.29, 1.82) is 0 Å². The Kier molecular flexibility index (Phi) is 3.10. The summed E-state index contributed by atoms with van der Waals surface area (Å²) in [5.41, 5.74) is 7.87. The Morgan fingerprint density at radius 2 is 2.12 bits per heavy atom. The monoisotopic (exact) mass is 217 g/mol. The summed E-state index contributed by atoms with van der Waals surface area (Å²) in [7, 11) is 0. The van der Waals surface area contributed by atoms with E-state index in [0.29, 0.717) is 12.4 Å². The molecule has 2 rings (SSSR count). The van der Waals surface area contributed by atoms with E-state index in [1.807, 2.05) is 31.2 Å². The first kappa shape index (κ1) is 10.5. The molecule has 2 aromatic rings. The highest BCUT2D eigenvalue weighted by Gasteiger charge is 2.07. The number of aromatic amines is 1. The van der Waals surface area contributed by atoms with Gasteiger partial charge in [-0.1, -0.05) is 18.2 Å². The van der Waals surface area contributed by atoms with Gasteiger partial charge in [-0.2, -0.15) is 5.10 Å². The van der Waals surface area contributed by atoms with E-state index in [4.69, 9.17) is 10.5 Å². The van der Waals surface area contributed by atoms with Crippen LogP contribution in [0, 0.1) is 0 Å². The Morgan fingerprint density at radius 1 is 1.31 bits per heavy atom. The van der Waals surface area contributed by atoms with Crippen molar-refractivity contribution in [3.8, 4) is 5.75 Å². The number of nitrogens with two attached hydrogens (primary N) is 1. The fourth-order valence-corrected chi connectivity index (χ4v) is 1.61. The van der Waals surface area contributed by atoms with Gasteiger partial charge in [-0.3, -0.25) is 5.10 Å². The van der Waals surface area contributed by atoms with Crippen LogP contribution in [0.5, 0.6) is 5.75 Å². The number of H-pyrrole nitrogens is 1. The summed E-state index contributed by atoms with van der Waals surface area (Å²) in [5.74, 6) is 1.52. The molecule has 84 valence electrons. The summed E-state index contributed by atoms with van der Waals surface area (Å²) < 4.78 is 5.55. The highest BCUT2D eigenvalue weighted by atomic mass is 16.5. The molecule has 0 fully saturated rings. The molecule has 0 aliphatic heterocycles. The smallest absolute Gasteiger partial charge is 0.122 e. The topological polar surface area (TPSA) is 63.9 Å². The Balaban J connectivity index is 2.24. The molecule has 1 aromatic carbocycles. The second-order valence-electron chi connectivity index (χ2n) is 3.53. The number of hydrogen-bond donors (Lipinski definition) is 2. The van der Waals surface area contributed by atoms with E-state index in [1.54, 1.807) is 6.20 Å². The molecule has 0 amide bonds. The predicted octanol–water partition coefficient (Wildman–Crippen LogP) is 1.98. The van der Waals surface area contributed by atoms with Crippen molar-refractivity contribution in [2.45, 2.75) is 13.3 Å². The number of ether oxygens (including phenoxy) is 1. The molecule has 16 heavy (non-hydrogen) atoms.